The minimum atomic E-state index is -0.454. The van der Waals surface area contributed by atoms with E-state index in [1.807, 2.05) is 0 Å². The van der Waals surface area contributed by atoms with Crippen molar-refractivity contribution in [1.29, 1.82) is 0 Å². The number of hydrogen-bond acceptors (Lipinski definition) is 2. The summed E-state index contributed by atoms with van der Waals surface area (Å²) in [6, 6.07) is 10.2. The monoisotopic (exact) mass is 261 g/mol. The molecule has 0 spiro atoms. The number of nitrogens with zero attached hydrogens (tertiary/aromatic N) is 1. The SMILES string of the molecule is CN(Cc1cccc(F)c1)c1ccc(F)cc1C=O. The minimum absolute atomic E-state index is 0.277. The Morgan fingerprint density at radius 1 is 1.11 bits per heavy atom. The molecule has 0 aromatic heterocycles. The number of rotatable bonds is 4. The highest BCUT2D eigenvalue weighted by molar-refractivity contribution is 5.84. The summed E-state index contributed by atoms with van der Waals surface area (Å²) in [5, 5.41) is 0. The highest BCUT2D eigenvalue weighted by Gasteiger charge is 2.09. The quantitative estimate of drug-likeness (QED) is 0.786. The first-order valence-corrected chi connectivity index (χ1v) is 5.80. The van der Waals surface area contributed by atoms with Crippen LogP contribution in [0.2, 0.25) is 0 Å². The summed E-state index contributed by atoms with van der Waals surface area (Å²) in [7, 11) is 1.77. The smallest absolute Gasteiger partial charge is 0.152 e. The Morgan fingerprint density at radius 2 is 1.84 bits per heavy atom. The highest BCUT2D eigenvalue weighted by atomic mass is 19.1. The van der Waals surface area contributed by atoms with Crippen LogP contribution in [0.3, 0.4) is 0 Å². The average molecular weight is 261 g/mol. The molecule has 98 valence electrons. The zero-order valence-corrected chi connectivity index (χ0v) is 10.4. The average Bonchev–Trinajstić information content (AvgIpc) is 2.38. The van der Waals surface area contributed by atoms with E-state index < -0.39 is 5.82 Å². The van der Waals surface area contributed by atoms with Crippen LogP contribution >= 0.6 is 0 Å². The Hall–Kier alpha value is -2.23. The van der Waals surface area contributed by atoms with Crippen LogP contribution in [0.1, 0.15) is 15.9 Å². The minimum Gasteiger partial charge on any atom is -0.370 e. The number of anilines is 1. The van der Waals surface area contributed by atoms with Crippen molar-refractivity contribution in [2.45, 2.75) is 6.54 Å². The van der Waals surface area contributed by atoms with E-state index in [9.17, 15) is 13.6 Å². The number of hydrogen-bond donors (Lipinski definition) is 0. The summed E-state index contributed by atoms with van der Waals surface area (Å²) >= 11 is 0. The maximum Gasteiger partial charge on any atom is 0.152 e. The molecule has 0 unspecified atom stereocenters. The first-order chi connectivity index (χ1) is 9.10. The molecule has 0 aliphatic heterocycles. The van der Waals surface area contributed by atoms with Gasteiger partial charge in [-0.15, -0.1) is 0 Å². The highest BCUT2D eigenvalue weighted by Crippen LogP contribution is 2.21. The summed E-state index contributed by atoms with van der Waals surface area (Å²) in [6.07, 6.45) is 0.612. The molecule has 4 heteroatoms. The van der Waals surface area contributed by atoms with Gasteiger partial charge in [-0.05, 0) is 35.9 Å². The summed E-state index contributed by atoms with van der Waals surface area (Å²) in [6.45, 7) is 0.435. The van der Waals surface area contributed by atoms with Gasteiger partial charge in [0.25, 0.3) is 0 Å². The maximum absolute atomic E-state index is 13.1. The largest absolute Gasteiger partial charge is 0.370 e. The van der Waals surface area contributed by atoms with Crippen LogP contribution in [0.15, 0.2) is 42.5 Å². The third-order valence-corrected chi connectivity index (χ3v) is 2.84. The van der Waals surface area contributed by atoms with Gasteiger partial charge in [-0.2, -0.15) is 0 Å². The Bertz CT molecular complexity index is 598. The predicted octanol–water partition coefficient (Wildman–Crippen LogP) is 3.41. The van der Waals surface area contributed by atoms with Crippen molar-refractivity contribution in [2.24, 2.45) is 0 Å². The molecule has 2 nitrogen and oxygen atoms in total. The van der Waals surface area contributed by atoms with Crippen molar-refractivity contribution in [3.63, 3.8) is 0 Å². The Kier molecular flexibility index (Phi) is 3.90. The van der Waals surface area contributed by atoms with Gasteiger partial charge in [0.15, 0.2) is 6.29 Å². The molecule has 0 saturated carbocycles. The number of aldehydes is 1. The second-order valence-corrected chi connectivity index (χ2v) is 4.31. The van der Waals surface area contributed by atoms with Gasteiger partial charge < -0.3 is 4.90 Å². The number of halogens is 2. The predicted molar refractivity (Wildman–Crippen MR) is 70.3 cm³/mol. The van der Waals surface area contributed by atoms with E-state index >= 15 is 0 Å². The lowest BCUT2D eigenvalue weighted by Crippen LogP contribution is -2.18. The Balaban J connectivity index is 2.24. The Labute approximate surface area is 110 Å². The topological polar surface area (TPSA) is 20.3 Å². The van der Waals surface area contributed by atoms with Gasteiger partial charge >= 0.3 is 0 Å². The molecule has 0 aliphatic carbocycles. The van der Waals surface area contributed by atoms with E-state index in [4.69, 9.17) is 0 Å². The summed E-state index contributed by atoms with van der Waals surface area (Å²) in [5.74, 6) is -0.759. The fraction of sp³-hybridized carbons (Fsp3) is 0.133. The molecule has 0 N–H and O–H groups in total. The molecule has 0 bridgehead atoms. The van der Waals surface area contributed by atoms with Crippen molar-refractivity contribution < 1.29 is 13.6 Å². The summed E-state index contributed by atoms with van der Waals surface area (Å²) < 4.78 is 26.1. The van der Waals surface area contributed by atoms with Crippen molar-refractivity contribution in [1.82, 2.24) is 0 Å². The van der Waals surface area contributed by atoms with Crippen molar-refractivity contribution in [2.75, 3.05) is 11.9 Å². The van der Waals surface area contributed by atoms with Crippen LogP contribution in [-0.4, -0.2) is 13.3 Å². The van der Waals surface area contributed by atoms with Gasteiger partial charge in [0.2, 0.25) is 0 Å². The van der Waals surface area contributed by atoms with Crippen LogP contribution in [0.4, 0.5) is 14.5 Å². The molecule has 0 heterocycles. The molecule has 19 heavy (non-hydrogen) atoms. The normalized spacial score (nSPS) is 10.3. The molecular weight excluding hydrogens is 248 g/mol. The lowest BCUT2D eigenvalue weighted by Gasteiger charge is -2.21. The number of carbonyl (C=O) groups is 1. The molecule has 0 fully saturated rings. The molecule has 0 atom stereocenters. The fourth-order valence-electron chi connectivity index (χ4n) is 1.96. The maximum atomic E-state index is 13.1. The summed E-state index contributed by atoms with van der Waals surface area (Å²) in [4.78, 5) is 12.7. The number of benzene rings is 2. The summed E-state index contributed by atoms with van der Waals surface area (Å²) in [5.41, 5.74) is 1.67. The van der Waals surface area contributed by atoms with E-state index in [2.05, 4.69) is 0 Å². The van der Waals surface area contributed by atoms with Gasteiger partial charge in [-0.1, -0.05) is 12.1 Å². The standard InChI is InChI=1S/C15H13F2NO/c1-18(9-11-3-2-4-13(16)7-11)15-6-5-14(17)8-12(15)10-19/h2-8,10H,9H2,1H3. The van der Waals surface area contributed by atoms with Gasteiger partial charge in [-0.3, -0.25) is 4.79 Å². The second kappa shape index (κ2) is 5.61. The zero-order valence-electron chi connectivity index (χ0n) is 10.4. The van der Waals surface area contributed by atoms with Gasteiger partial charge in [0.1, 0.15) is 11.6 Å². The van der Waals surface area contributed by atoms with Crippen molar-refractivity contribution in [3.05, 3.63) is 65.2 Å². The lowest BCUT2D eigenvalue weighted by molar-refractivity contribution is 0.112. The van der Waals surface area contributed by atoms with Crippen molar-refractivity contribution >= 4 is 12.0 Å². The van der Waals surface area contributed by atoms with Crippen LogP contribution in [0.25, 0.3) is 0 Å². The number of carbonyl (C=O) groups excluding carboxylic acids is 1. The first kappa shape index (κ1) is 13.2. The molecule has 0 radical (unpaired) electrons. The third-order valence-electron chi connectivity index (χ3n) is 2.84. The zero-order chi connectivity index (χ0) is 13.8. The molecule has 0 amide bonds. The molecule has 0 saturated heterocycles. The molecule has 2 rings (SSSR count). The fourth-order valence-corrected chi connectivity index (χ4v) is 1.96. The molecular formula is C15H13F2NO. The molecule has 2 aromatic carbocycles. The van der Waals surface area contributed by atoms with E-state index in [0.29, 0.717) is 18.5 Å². The van der Waals surface area contributed by atoms with Crippen LogP contribution < -0.4 is 4.90 Å². The van der Waals surface area contributed by atoms with Gasteiger partial charge in [0, 0.05) is 24.8 Å². The van der Waals surface area contributed by atoms with E-state index in [-0.39, 0.29) is 11.4 Å². The Morgan fingerprint density at radius 3 is 2.53 bits per heavy atom. The van der Waals surface area contributed by atoms with Gasteiger partial charge in [-0.25, -0.2) is 8.78 Å². The van der Waals surface area contributed by atoms with Gasteiger partial charge in [0.05, 0.1) is 0 Å². The first-order valence-electron chi connectivity index (χ1n) is 5.80. The van der Waals surface area contributed by atoms with E-state index in [0.717, 1.165) is 5.56 Å². The van der Waals surface area contributed by atoms with Crippen LogP contribution in [0.5, 0.6) is 0 Å². The lowest BCUT2D eigenvalue weighted by atomic mass is 10.1. The third kappa shape index (κ3) is 3.16. The van der Waals surface area contributed by atoms with E-state index in [1.165, 1.54) is 24.3 Å². The molecule has 0 aliphatic rings. The van der Waals surface area contributed by atoms with Crippen LogP contribution in [-0.2, 0) is 6.54 Å². The second-order valence-electron chi connectivity index (χ2n) is 4.31. The van der Waals surface area contributed by atoms with Crippen LogP contribution in [0, 0.1) is 11.6 Å². The molecule has 2 aromatic rings. The van der Waals surface area contributed by atoms with E-state index in [1.54, 1.807) is 30.1 Å². The van der Waals surface area contributed by atoms with Crippen molar-refractivity contribution in [3.8, 4) is 0 Å².